The van der Waals surface area contributed by atoms with E-state index in [1.807, 2.05) is 4.90 Å². The molecule has 1 aromatic carbocycles. The number of hydrogen-bond acceptors (Lipinski definition) is 8. The van der Waals surface area contributed by atoms with Gasteiger partial charge < -0.3 is 29.5 Å². The number of sulfonamides is 1. The van der Waals surface area contributed by atoms with Gasteiger partial charge in [-0.1, -0.05) is 0 Å². The third-order valence-electron chi connectivity index (χ3n) is 7.35. The zero-order valence-electron chi connectivity index (χ0n) is 22.6. The van der Waals surface area contributed by atoms with E-state index in [-0.39, 0.29) is 43.3 Å². The number of urea groups is 1. The van der Waals surface area contributed by atoms with Crippen LogP contribution in [-0.2, 0) is 30.5 Å². The molecule has 42 heavy (non-hydrogen) atoms. The Morgan fingerprint density at radius 3 is 2.10 bits per heavy atom. The van der Waals surface area contributed by atoms with Crippen LogP contribution in [0.4, 0.5) is 29.5 Å². The predicted octanol–water partition coefficient (Wildman–Crippen LogP) is 1.70. The highest BCUT2D eigenvalue weighted by Crippen LogP contribution is 2.30. The standard InChI is InChI=1S/C26H31F3N6O6S/c27-26(28,29)19-1-3-20(4-2-19)31-25(37)34-7-8-35(22(18-34)24(36)33-11-15-41-16-12-33)42(38,39)21-5-6-23(30-17-21)32-9-13-40-14-10-32/h1-6,17,22H,7-16,18H2,(H,31,37). The third-order valence-corrected chi connectivity index (χ3v) is 9.24. The molecule has 1 unspecified atom stereocenters. The highest BCUT2D eigenvalue weighted by atomic mass is 32.2. The Morgan fingerprint density at radius 1 is 0.857 bits per heavy atom. The van der Waals surface area contributed by atoms with Crippen molar-refractivity contribution in [2.24, 2.45) is 0 Å². The van der Waals surface area contributed by atoms with Crippen molar-refractivity contribution in [1.29, 1.82) is 0 Å². The molecule has 0 radical (unpaired) electrons. The summed E-state index contributed by atoms with van der Waals surface area (Å²) in [4.78, 5) is 35.7. The summed E-state index contributed by atoms with van der Waals surface area (Å²) in [5, 5.41) is 2.54. The minimum absolute atomic E-state index is 0.0438. The Morgan fingerprint density at radius 2 is 1.50 bits per heavy atom. The number of anilines is 2. The molecule has 2 aromatic rings. The molecule has 3 aliphatic heterocycles. The molecule has 16 heteroatoms. The number of nitrogens with one attached hydrogen (secondary N) is 1. The number of carbonyl (C=O) groups is 2. The second-order valence-corrected chi connectivity index (χ2v) is 11.9. The fourth-order valence-electron chi connectivity index (χ4n) is 5.02. The van der Waals surface area contributed by atoms with Crippen LogP contribution in [0.25, 0.3) is 0 Å². The summed E-state index contributed by atoms with van der Waals surface area (Å²) in [5.74, 6) is 0.148. The number of morpholine rings is 2. The van der Waals surface area contributed by atoms with Crippen LogP contribution in [0.1, 0.15) is 5.56 Å². The molecular formula is C26H31F3N6O6S. The Hall–Kier alpha value is -3.47. The van der Waals surface area contributed by atoms with Gasteiger partial charge in [-0.05, 0) is 36.4 Å². The number of benzene rings is 1. The Balaban J connectivity index is 1.34. The van der Waals surface area contributed by atoms with Gasteiger partial charge in [0.25, 0.3) is 0 Å². The lowest BCUT2D eigenvalue weighted by Gasteiger charge is -2.41. The van der Waals surface area contributed by atoms with Crippen LogP contribution in [0.5, 0.6) is 0 Å². The molecule has 1 atom stereocenters. The average Bonchev–Trinajstić information content (AvgIpc) is 3.01. The molecule has 3 saturated heterocycles. The second-order valence-electron chi connectivity index (χ2n) is 9.97. The lowest BCUT2D eigenvalue weighted by Crippen LogP contribution is -2.63. The molecule has 12 nitrogen and oxygen atoms in total. The van der Waals surface area contributed by atoms with E-state index in [9.17, 15) is 31.2 Å². The van der Waals surface area contributed by atoms with E-state index in [1.165, 1.54) is 22.1 Å². The number of hydrogen-bond donors (Lipinski definition) is 1. The molecule has 1 N–H and O–H groups in total. The van der Waals surface area contributed by atoms with Crippen LogP contribution in [-0.4, -0.2) is 118 Å². The number of halogens is 3. The summed E-state index contributed by atoms with van der Waals surface area (Å²) in [5.41, 5.74) is -0.728. The first-order valence-electron chi connectivity index (χ1n) is 13.4. The minimum atomic E-state index is -4.52. The smallest absolute Gasteiger partial charge is 0.378 e. The summed E-state index contributed by atoms with van der Waals surface area (Å²) in [6.45, 7) is 3.04. The number of pyridine rings is 1. The van der Waals surface area contributed by atoms with Crippen molar-refractivity contribution >= 4 is 33.5 Å². The van der Waals surface area contributed by atoms with Crippen LogP contribution in [0.2, 0.25) is 0 Å². The fraction of sp³-hybridized carbons (Fsp3) is 0.500. The lowest BCUT2D eigenvalue weighted by molar-refractivity contribution is -0.140. The highest BCUT2D eigenvalue weighted by molar-refractivity contribution is 7.89. The molecule has 1 aromatic heterocycles. The van der Waals surface area contributed by atoms with Crippen LogP contribution < -0.4 is 10.2 Å². The largest absolute Gasteiger partial charge is 0.416 e. The number of piperazine rings is 1. The maximum Gasteiger partial charge on any atom is 0.416 e. The minimum Gasteiger partial charge on any atom is -0.378 e. The van der Waals surface area contributed by atoms with E-state index in [2.05, 4.69) is 10.3 Å². The molecule has 0 spiro atoms. The van der Waals surface area contributed by atoms with E-state index in [1.54, 1.807) is 6.07 Å². The number of amides is 3. The van der Waals surface area contributed by atoms with Gasteiger partial charge in [-0.2, -0.15) is 17.5 Å². The van der Waals surface area contributed by atoms with Gasteiger partial charge >= 0.3 is 12.2 Å². The SMILES string of the molecule is O=C(Nc1ccc(C(F)(F)F)cc1)N1CCN(S(=O)(=O)c2ccc(N3CCOCC3)nc2)C(C(=O)N2CCOCC2)C1. The highest BCUT2D eigenvalue weighted by Gasteiger charge is 2.43. The lowest BCUT2D eigenvalue weighted by atomic mass is 10.1. The normalized spacial score (nSPS) is 20.8. The van der Waals surface area contributed by atoms with Crippen LogP contribution in [0, 0.1) is 0 Å². The van der Waals surface area contributed by atoms with E-state index >= 15 is 0 Å². The number of alkyl halides is 3. The molecule has 0 bridgehead atoms. The second kappa shape index (κ2) is 12.4. The van der Waals surface area contributed by atoms with Crippen molar-refractivity contribution in [2.45, 2.75) is 17.1 Å². The van der Waals surface area contributed by atoms with Gasteiger partial charge in [0.15, 0.2) is 0 Å². The Kier molecular flexibility index (Phi) is 8.86. The van der Waals surface area contributed by atoms with Crippen LogP contribution in [0.3, 0.4) is 0 Å². The van der Waals surface area contributed by atoms with E-state index < -0.39 is 39.7 Å². The summed E-state index contributed by atoms with van der Waals surface area (Å²) in [7, 11) is -4.19. The van der Waals surface area contributed by atoms with Crippen molar-refractivity contribution in [3.63, 3.8) is 0 Å². The molecule has 0 aliphatic carbocycles. The molecule has 3 fully saturated rings. The summed E-state index contributed by atoms with van der Waals surface area (Å²) in [6.07, 6.45) is -3.25. The number of aromatic nitrogens is 1. The van der Waals surface area contributed by atoms with Crippen LogP contribution >= 0.6 is 0 Å². The van der Waals surface area contributed by atoms with Crippen LogP contribution in [0.15, 0.2) is 47.5 Å². The maximum absolute atomic E-state index is 13.8. The fourth-order valence-corrected chi connectivity index (χ4v) is 6.53. The molecule has 4 heterocycles. The first-order valence-corrected chi connectivity index (χ1v) is 14.9. The van der Waals surface area contributed by atoms with Crippen molar-refractivity contribution in [1.82, 2.24) is 19.1 Å². The molecule has 228 valence electrons. The summed E-state index contributed by atoms with van der Waals surface area (Å²) in [6, 6.07) is 5.14. The zero-order valence-corrected chi connectivity index (χ0v) is 23.4. The van der Waals surface area contributed by atoms with Crippen molar-refractivity contribution < 1.29 is 40.7 Å². The predicted molar refractivity (Wildman–Crippen MR) is 144 cm³/mol. The number of rotatable bonds is 5. The average molecular weight is 613 g/mol. The molecule has 3 aliphatic rings. The van der Waals surface area contributed by atoms with Crippen molar-refractivity contribution in [2.75, 3.05) is 82.5 Å². The number of carbonyl (C=O) groups excluding carboxylic acids is 2. The topological polar surface area (TPSA) is 125 Å². The molecule has 0 saturated carbocycles. The third kappa shape index (κ3) is 6.61. The van der Waals surface area contributed by atoms with Crippen molar-refractivity contribution in [3.05, 3.63) is 48.2 Å². The monoisotopic (exact) mass is 612 g/mol. The van der Waals surface area contributed by atoms with Crippen molar-refractivity contribution in [3.8, 4) is 0 Å². The Labute approximate surface area is 241 Å². The summed E-state index contributed by atoms with van der Waals surface area (Å²) < 4.78 is 78.1. The zero-order chi connectivity index (χ0) is 29.9. The van der Waals surface area contributed by atoms with Gasteiger partial charge in [-0.25, -0.2) is 18.2 Å². The van der Waals surface area contributed by atoms with Gasteiger partial charge in [0.2, 0.25) is 15.9 Å². The Bertz CT molecular complexity index is 1360. The van der Waals surface area contributed by atoms with Gasteiger partial charge in [-0.15, -0.1) is 0 Å². The number of nitrogens with zero attached hydrogens (tertiary/aromatic N) is 5. The molecular weight excluding hydrogens is 581 g/mol. The van der Waals surface area contributed by atoms with Gasteiger partial charge in [0.05, 0.1) is 32.0 Å². The molecule has 3 amide bonds. The van der Waals surface area contributed by atoms with Gasteiger partial charge in [0, 0.05) is 57.7 Å². The quantitative estimate of drug-likeness (QED) is 0.542. The maximum atomic E-state index is 13.8. The number of ether oxygens (including phenoxy) is 2. The van der Waals surface area contributed by atoms with E-state index in [0.29, 0.717) is 45.3 Å². The summed E-state index contributed by atoms with van der Waals surface area (Å²) >= 11 is 0. The van der Waals surface area contributed by atoms with Gasteiger partial charge in [0.1, 0.15) is 16.8 Å². The first-order chi connectivity index (χ1) is 20.0. The van der Waals surface area contributed by atoms with E-state index in [0.717, 1.165) is 28.6 Å². The molecule has 5 rings (SSSR count). The van der Waals surface area contributed by atoms with Gasteiger partial charge in [-0.3, -0.25) is 4.79 Å². The van der Waals surface area contributed by atoms with E-state index in [4.69, 9.17) is 9.47 Å². The first kappa shape index (κ1) is 30.0.